The summed E-state index contributed by atoms with van der Waals surface area (Å²) in [5.74, 6) is -0.494. The van der Waals surface area contributed by atoms with Crippen molar-refractivity contribution >= 4 is 50.7 Å². The minimum atomic E-state index is -3.24. The van der Waals surface area contributed by atoms with Crippen LogP contribution in [0.1, 0.15) is 39.0 Å². The van der Waals surface area contributed by atoms with E-state index in [0.717, 1.165) is 12.8 Å². The van der Waals surface area contributed by atoms with E-state index >= 15 is 0 Å². The molecule has 30 heavy (non-hydrogen) atoms. The molecular weight excluding hydrogens is 449 g/mol. The minimum Gasteiger partial charge on any atom is -0.330 e. The van der Waals surface area contributed by atoms with Crippen molar-refractivity contribution in [3.05, 3.63) is 28.2 Å². The molecule has 1 N–H and O–H groups in total. The van der Waals surface area contributed by atoms with Gasteiger partial charge in [-0.05, 0) is 57.2 Å². The van der Waals surface area contributed by atoms with Gasteiger partial charge in [-0.15, -0.1) is 0 Å². The van der Waals surface area contributed by atoms with E-state index in [0.29, 0.717) is 54.6 Å². The van der Waals surface area contributed by atoms with Gasteiger partial charge < -0.3 is 10.2 Å². The number of nitrogens with one attached hydrogen (secondary N) is 1. The summed E-state index contributed by atoms with van der Waals surface area (Å²) in [6, 6.07) is 4.32. The Hall–Kier alpha value is -1.35. The molecule has 2 amide bonds. The third-order valence-corrected chi connectivity index (χ3v) is 8.46. The summed E-state index contributed by atoms with van der Waals surface area (Å²) in [6.07, 6.45) is 3.29. The number of carbonyl (C=O) groups is 2. The molecule has 2 saturated heterocycles. The van der Waals surface area contributed by atoms with Crippen molar-refractivity contribution in [2.75, 3.05) is 30.7 Å². The Labute approximate surface area is 187 Å². The van der Waals surface area contributed by atoms with E-state index in [1.165, 1.54) is 4.31 Å². The van der Waals surface area contributed by atoms with Crippen LogP contribution in [0.5, 0.6) is 0 Å². The highest BCUT2D eigenvalue weighted by Crippen LogP contribution is 2.28. The number of sulfonamides is 1. The number of likely N-dealkylation sites (tertiary alicyclic amines) is 1. The molecule has 1 aromatic rings. The fourth-order valence-corrected chi connectivity index (χ4v) is 5.50. The highest BCUT2D eigenvalue weighted by Gasteiger charge is 2.38. The molecule has 0 aromatic heterocycles. The van der Waals surface area contributed by atoms with E-state index in [2.05, 4.69) is 5.32 Å². The van der Waals surface area contributed by atoms with Gasteiger partial charge in [-0.25, -0.2) is 12.7 Å². The van der Waals surface area contributed by atoms with E-state index in [1.807, 2.05) is 0 Å². The van der Waals surface area contributed by atoms with Crippen LogP contribution in [0.4, 0.5) is 5.69 Å². The molecule has 0 radical (unpaired) electrons. The largest absolute Gasteiger partial charge is 0.330 e. The first kappa shape index (κ1) is 23.3. The van der Waals surface area contributed by atoms with Gasteiger partial charge in [0.25, 0.3) is 0 Å². The number of anilines is 1. The Balaban J connectivity index is 1.65. The van der Waals surface area contributed by atoms with E-state index < -0.39 is 16.1 Å². The van der Waals surface area contributed by atoms with Gasteiger partial charge in [0.2, 0.25) is 21.8 Å². The van der Waals surface area contributed by atoms with Crippen LogP contribution in [0.3, 0.4) is 0 Å². The normalized spacial score (nSPS) is 21.4. The Morgan fingerprint density at radius 2 is 1.77 bits per heavy atom. The van der Waals surface area contributed by atoms with Crippen LogP contribution < -0.4 is 5.32 Å². The highest BCUT2D eigenvalue weighted by atomic mass is 35.5. The fourth-order valence-electron chi connectivity index (χ4n) is 4.07. The summed E-state index contributed by atoms with van der Waals surface area (Å²) in [5.41, 5.74) is 0.533. The zero-order valence-electron chi connectivity index (χ0n) is 16.9. The first-order chi connectivity index (χ1) is 14.2. The van der Waals surface area contributed by atoms with E-state index in [9.17, 15) is 18.0 Å². The third kappa shape index (κ3) is 5.28. The summed E-state index contributed by atoms with van der Waals surface area (Å²) in [7, 11) is -3.24. The van der Waals surface area contributed by atoms with Crippen molar-refractivity contribution < 1.29 is 18.0 Å². The molecule has 1 unspecified atom stereocenters. The Morgan fingerprint density at radius 3 is 2.40 bits per heavy atom. The number of hydrogen-bond acceptors (Lipinski definition) is 4. The smallest absolute Gasteiger partial charge is 0.247 e. The zero-order chi connectivity index (χ0) is 21.9. The number of carbonyl (C=O) groups excluding carboxylic acids is 2. The van der Waals surface area contributed by atoms with E-state index in [1.54, 1.807) is 30.0 Å². The predicted molar refractivity (Wildman–Crippen MR) is 118 cm³/mol. The van der Waals surface area contributed by atoms with Crippen molar-refractivity contribution in [3.8, 4) is 0 Å². The van der Waals surface area contributed by atoms with Gasteiger partial charge in [0.05, 0.1) is 15.8 Å². The molecule has 2 fully saturated rings. The van der Waals surface area contributed by atoms with Crippen LogP contribution in [0.2, 0.25) is 10.0 Å². The standard InChI is InChI=1S/C20H27Cl2N3O4S/c1-2-30(28,29)24-11-8-14(9-12-24)20(27)25-10-4-3-5-18(25)19(26)23-15-6-7-16(21)17(22)13-15/h6-7,13-14,18H,2-5,8-12H2,1H3,(H,23,26). The van der Waals surface area contributed by atoms with Crippen LogP contribution in [-0.2, 0) is 19.6 Å². The maximum absolute atomic E-state index is 13.2. The van der Waals surface area contributed by atoms with Crippen molar-refractivity contribution in [3.63, 3.8) is 0 Å². The molecule has 10 heteroatoms. The molecule has 0 saturated carbocycles. The molecular formula is C20H27Cl2N3O4S. The van der Waals surface area contributed by atoms with E-state index in [-0.39, 0.29) is 23.5 Å². The molecule has 2 heterocycles. The van der Waals surface area contributed by atoms with Crippen LogP contribution in [0.25, 0.3) is 0 Å². The molecule has 7 nitrogen and oxygen atoms in total. The summed E-state index contributed by atoms with van der Waals surface area (Å²) >= 11 is 11.9. The van der Waals surface area contributed by atoms with Crippen molar-refractivity contribution in [1.29, 1.82) is 0 Å². The molecule has 0 aliphatic carbocycles. The number of amides is 2. The molecule has 0 bridgehead atoms. The topological polar surface area (TPSA) is 86.8 Å². The van der Waals surface area contributed by atoms with Gasteiger partial charge in [0, 0.05) is 31.2 Å². The summed E-state index contributed by atoms with van der Waals surface area (Å²) in [5, 5.41) is 3.59. The summed E-state index contributed by atoms with van der Waals surface area (Å²) < 4.78 is 25.6. The van der Waals surface area contributed by atoms with Crippen LogP contribution in [0.15, 0.2) is 18.2 Å². The Morgan fingerprint density at radius 1 is 1.07 bits per heavy atom. The lowest BCUT2D eigenvalue weighted by Gasteiger charge is -2.39. The lowest BCUT2D eigenvalue weighted by Crippen LogP contribution is -2.53. The number of piperidine rings is 2. The van der Waals surface area contributed by atoms with Gasteiger partial charge in [0.15, 0.2) is 0 Å². The number of benzene rings is 1. The second-order valence-electron chi connectivity index (χ2n) is 7.74. The highest BCUT2D eigenvalue weighted by molar-refractivity contribution is 7.89. The first-order valence-electron chi connectivity index (χ1n) is 10.3. The monoisotopic (exact) mass is 475 g/mol. The van der Waals surface area contributed by atoms with Crippen molar-refractivity contribution in [1.82, 2.24) is 9.21 Å². The molecule has 2 aliphatic heterocycles. The summed E-state index contributed by atoms with van der Waals surface area (Å²) in [6.45, 7) is 2.85. The van der Waals surface area contributed by atoms with Gasteiger partial charge in [-0.2, -0.15) is 0 Å². The van der Waals surface area contributed by atoms with Crippen LogP contribution in [0, 0.1) is 5.92 Å². The molecule has 0 spiro atoms. The van der Waals surface area contributed by atoms with Crippen LogP contribution >= 0.6 is 23.2 Å². The maximum atomic E-state index is 13.2. The second kappa shape index (κ2) is 9.85. The second-order valence-corrected chi connectivity index (χ2v) is 10.8. The molecule has 2 aliphatic rings. The Bertz CT molecular complexity index is 901. The predicted octanol–water partition coefficient (Wildman–Crippen LogP) is 3.37. The average Bonchev–Trinajstić information content (AvgIpc) is 2.76. The summed E-state index contributed by atoms with van der Waals surface area (Å²) in [4.78, 5) is 27.8. The molecule has 3 rings (SSSR count). The average molecular weight is 476 g/mol. The number of nitrogens with zero attached hydrogens (tertiary/aromatic N) is 2. The third-order valence-electron chi connectivity index (χ3n) is 5.84. The quantitative estimate of drug-likeness (QED) is 0.706. The zero-order valence-corrected chi connectivity index (χ0v) is 19.3. The number of halogens is 2. The minimum absolute atomic E-state index is 0.0578. The maximum Gasteiger partial charge on any atom is 0.247 e. The molecule has 1 atom stereocenters. The van der Waals surface area contributed by atoms with Crippen molar-refractivity contribution in [2.24, 2.45) is 5.92 Å². The van der Waals surface area contributed by atoms with Gasteiger partial charge in [0.1, 0.15) is 6.04 Å². The SMILES string of the molecule is CCS(=O)(=O)N1CCC(C(=O)N2CCCCC2C(=O)Nc2ccc(Cl)c(Cl)c2)CC1. The molecule has 166 valence electrons. The van der Waals surface area contributed by atoms with Crippen LogP contribution in [-0.4, -0.2) is 60.9 Å². The van der Waals surface area contributed by atoms with E-state index in [4.69, 9.17) is 23.2 Å². The van der Waals surface area contributed by atoms with Gasteiger partial charge in [-0.1, -0.05) is 23.2 Å². The molecule has 1 aromatic carbocycles. The van der Waals surface area contributed by atoms with Gasteiger partial charge >= 0.3 is 0 Å². The lowest BCUT2D eigenvalue weighted by atomic mass is 9.93. The van der Waals surface area contributed by atoms with Crippen molar-refractivity contribution in [2.45, 2.75) is 45.1 Å². The Kier molecular flexibility index (Phi) is 7.66. The number of rotatable bonds is 5. The fraction of sp³-hybridized carbons (Fsp3) is 0.600. The lowest BCUT2D eigenvalue weighted by molar-refractivity contribution is -0.144. The number of hydrogen-bond donors (Lipinski definition) is 1. The first-order valence-corrected chi connectivity index (χ1v) is 12.6. The van der Waals surface area contributed by atoms with Gasteiger partial charge in [-0.3, -0.25) is 9.59 Å².